The van der Waals surface area contributed by atoms with Crippen molar-refractivity contribution in [1.29, 1.82) is 0 Å². The molecule has 3 rings (SSSR count). The summed E-state index contributed by atoms with van der Waals surface area (Å²) in [5.41, 5.74) is 7.01. The lowest BCUT2D eigenvalue weighted by Crippen LogP contribution is -2.28. The van der Waals surface area contributed by atoms with E-state index in [4.69, 9.17) is 14.9 Å². The third-order valence-corrected chi connectivity index (χ3v) is 3.61. The van der Waals surface area contributed by atoms with Crippen LogP contribution < -0.4 is 15.8 Å². The number of hydrogen-bond acceptors (Lipinski definition) is 4. The smallest absolute Gasteiger partial charge is 0.255 e. The predicted octanol–water partition coefficient (Wildman–Crippen LogP) is 2.38. The van der Waals surface area contributed by atoms with Gasteiger partial charge < -0.3 is 20.2 Å². The molecule has 21 heavy (non-hydrogen) atoms. The predicted molar refractivity (Wildman–Crippen MR) is 78.0 cm³/mol. The number of carbonyl (C=O) groups excluding carboxylic acids is 1. The Labute approximate surface area is 123 Å². The fraction of sp³-hybridized carbons (Fsp3) is 0.312. The second-order valence-corrected chi connectivity index (χ2v) is 5.06. The van der Waals surface area contributed by atoms with Crippen LogP contribution in [0.3, 0.4) is 0 Å². The van der Waals surface area contributed by atoms with Crippen molar-refractivity contribution >= 4 is 5.91 Å². The van der Waals surface area contributed by atoms with Crippen LogP contribution in [0.15, 0.2) is 41.0 Å². The first kappa shape index (κ1) is 13.7. The van der Waals surface area contributed by atoms with E-state index in [1.54, 1.807) is 6.07 Å². The first-order chi connectivity index (χ1) is 10.3. The molecule has 0 fully saturated rings. The summed E-state index contributed by atoms with van der Waals surface area (Å²) in [6.45, 7) is 0.958. The minimum atomic E-state index is -0.153. The van der Waals surface area contributed by atoms with Crippen LogP contribution in [-0.2, 0) is 6.54 Å². The Kier molecular flexibility index (Phi) is 3.92. The molecule has 2 heterocycles. The van der Waals surface area contributed by atoms with E-state index in [0.29, 0.717) is 17.9 Å². The van der Waals surface area contributed by atoms with Gasteiger partial charge in [-0.2, -0.15) is 0 Å². The number of fused-ring (bicyclic) bond motifs is 1. The second kappa shape index (κ2) is 6.01. The van der Waals surface area contributed by atoms with Crippen LogP contribution in [0.5, 0.6) is 5.75 Å². The average molecular weight is 286 g/mol. The van der Waals surface area contributed by atoms with Gasteiger partial charge in [-0.25, -0.2) is 0 Å². The van der Waals surface area contributed by atoms with Crippen molar-refractivity contribution in [2.24, 2.45) is 5.73 Å². The lowest BCUT2D eigenvalue weighted by Gasteiger charge is -2.17. The Bertz CT molecular complexity index is 636. The number of amides is 1. The first-order valence-corrected chi connectivity index (χ1v) is 7.08. The van der Waals surface area contributed by atoms with Crippen LogP contribution in [0.4, 0.5) is 0 Å². The number of para-hydroxylation sites is 1. The standard InChI is InChI=1S/C16H18N2O3/c17-9-12-8-11(10-21-12)16(19)18-14-5-3-7-20-15-6-2-1-4-13(14)15/h1-2,4,6,8,10,14H,3,5,7,9,17H2,(H,18,19). The molecule has 5 nitrogen and oxygen atoms in total. The third-order valence-electron chi connectivity index (χ3n) is 3.61. The lowest BCUT2D eigenvalue weighted by atomic mass is 10.0. The summed E-state index contributed by atoms with van der Waals surface area (Å²) >= 11 is 0. The molecule has 0 aliphatic carbocycles. The van der Waals surface area contributed by atoms with Crippen molar-refractivity contribution < 1.29 is 13.9 Å². The highest BCUT2D eigenvalue weighted by Gasteiger charge is 2.22. The summed E-state index contributed by atoms with van der Waals surface area (Å²) in [5, 5.41) is 3.05. The molecule has 1 unspecified atom stereocenters. The minimum absolute atomic E-state index is 0.0487. The van der Waals surface area contributed by atoms with Gasteiger partial charge in [0.05, 0.1) is 24.8 Å². The average Bonchev–Trinajstić information content (AvgIpc) is 2.91. The van der Waals surface area contributed by atoms with E-state index in [0.717, 1.165) is 24.2 Å². The maximum absolute atomic E-state index is 12.3. The summed E-state index contributed by atoms with van der Waals surface area (Å²) in [7, 11) is 0. The highest BCUT2D eigenvalue weighted by Crippen LogP contribution is 2.31. The molecule has 0 radical (unpaired) electrons. The SMILES string of the molecule is NCc1cc(C(=O)NC2CCCOc3ccccc32)co1. The zero-order chi connectivity index (χ0) is 14.7. The molecular formula is C16H18N2O3. The van der Waals surface area contributed by atoms with Crippen LogP contribution >= 0.6 is 0 Å². The van der Waals surface area contributed by atoms with E-state index < -0.39 is 0 Å². The molecule has 1 amide bonds. The highest BCUT2D eigenvalue weighted by atomic mass is 16.5. The number of rotatable bonds is 3. The Hall–Kier alpha value is -2.27. The number of ether oxygens (including phenoxy) is 1. The molecule has 1 aromatic heterocycles. The molecule has 110 valence electrons. The Balaban J connectivity index is 1.79. The van der Waals surface area contributed by atoms with Crippen LogP contribution in [-0.4, -0.2) is 12.5 Å². The molecule has 2 aromatic rings. The van der Waals surface area contributed by atoms with Gasteiger partial charge in [0, 0.05) is 5.56 Å². The van der Waals surface area contributed by atoms with Gasteiger partial charge in [0.1, 0.15) is 17.8 Å². The molecule has 3 N–H and O–H groups in total. The van der Waals surface area contributed by atoms with Gasteiger partial charge in [-0.1, -0.05) is 18.2 Å². The van der Waals surface area contributed by atoms with Crippen molar-refractivity contribution in [3.8, 4) is 5.75 Å². The zero-order valence-electron chi connectivity index (χ0n) is 11.7. The molecule has 0 bridgehead atoms. The van der Waals surface area contributed by atoms with Crippen LogP contribution in [0, 0.1) is 0 Å². The molecule has 0 saturated carbocycles. The van der Waals surface area contributed by atoms with Gasteiger partial charge in [-0.05, 0) is 25.0 Å². The van der Waals surface area contributed by atoms with Crippen molar-refractivity contribution in [3.63, 3.8) is 0 Å². The van der Waals surface area contributed by atoms with E-state index in [1.807, 2.05) is 24.3 Å². The number of furan rings is 1. The van der Waals surface area contributed by atoms with Gasteiger partial charge in [0.15, 0.2) is 0 Å². The minimum Gasteiger partial charge on any atom is -0.493 e. The Morgan fingerprint density at radius 3 is 3.05 bits per heavy atom. The van der Waals surface area contributed by atoms with Crippen molar-refractivity contribution in [2.75, 3.05) is 6.61 Å². The van der Waals surface area contributed by atoms with Crippen molar-refractivity contribution in [2.45, 2.75) is 25.4 Å². The second-order valence-electron chi connectivity index (χ2n) is 5.06. The van der Waals surface area contributed by atoms with E-state index in [1.165, 1.54) is 6.26 Å². The molecule has 0 saturated heterocycles. The molecule has 5 heteroatoms. The zero-order valence-corrected chi connectivity index (χ0v) is 11.7. The Morgan fingerprint density at radius 1 is 1.38 bits per heavy atom. The molecular weight excluding hydrogens is 268 g/mol. The van der Waals surface area contributed by atoms with E-state index in [2.05, 4.69) is 5.32 Å². The van der Waals surface area contributed by atoms with Crippen LogP contribution in [0.2, 0.25) is 0 Å². The molecule has 1 aliphatic rings. The normalized spacial score (nSPS) is 17.5. The van der Waals surface area contributed by atoms with E-state index in [9.17, 15) is 4.79 Å². The molecule has 1 atom stereocenters. The lowest BCUT2D eigenvalue weighted by molar-refractivity contribution is 0.0934. The van der Waals surface area contributed by atoms with Gasteiger partial charge in [-0.15, -0.1) is 0 Å². The topological polar surface area (TPSA) is 77.5 Å². The van der Waals surface area contributed by atoms with Crippen molar-refractivity contribution in [1.82, 2.24) is 5.32 Å². The quantitative estimate of drug-likeness (QED) is 0.908. The first-order valence-electron chi connectivity index (χ1n) is 7.08. The van der Waals surface area contributed by atoms with Gasteiger partial charge in [-0.3, -0.25) is 4.79 Å². The molecule has 0 spiro atoms. The maximum Gasteiger partial charge on any atom is 0.255 e. The largest absolute Gasteiger partial charge is 0.493 e. The number of nitrogens with one attached hydrogen (secondary N) is 1. The molecule has 1 aliphatic heterocycles. The number of benzene rings is 1. The summed E-state index contributed by atoms with van der Waals surface area (Å²) in [6, 6.07) is 9.45. The summed E-state index contributed by atoms with van der Waals surface area (Å²) in [5.74, 6) is 1.29. The van der Waals surface area contributed by atoms with Gasteiger partial charge in [0.2, 0.25) is 0 Å². The van der Waals surface area contributed by atoms with E-state index >= 15 is 0 Å². The number of hydrogen-bond donors (Lipinski definition) is 2. The fourth-order valence-electron chi connectivity index (χ4n) is 2.52. The monoisotopic (exact) mass is 286 g/mol. The molecule has 1 aromatic carbocycles. The van der Waals surface area contributed by atoms with Crippen LogP contribution in [0.25, 0.3) is 0 Å². The van der Waals surface area contributed by atoms with Crippen molar-refractivity contribution in [3.05, 3.63) is 53.5 Å². The maximum atomic E-state index is 12.3. The van der Waals surface area contributed by atoms with Gasteiger partial charge >= 0.3 is 0 Å². The third kappa shape index (κ3) is 2.92. The Morgan fingerprint density at radius 2 is 2.24 bits per heavy atom. The summed E-state index contributed by atoms with van der Waals surface area (Å²) in [4.78, 5) is 12.3. The number of nitrogens with two attached hydrogens (primary N) is 1. The summed E-state index contributed by atoms with van der Waals surface area (Å²) < 4.78 is 10.9. The highest BCUT2D eigenvalue weighted by molar-refractivity contribution is 5.94. The van der Waals surface area contributed by atoms with E-state index in [-0.39, 0.29) is 18.5 Å². The fourth-order valence-corrected chi connectivity index (χ4v) is 2.52. The summed E-state index contributed by atoms with van der Waals surface area (Å²) in [6.07, 6.45) is 3.19. The van der Waals surface area contributed by atoms with Crippen LogP contribution in [0.1, 0.15) is 40.6 Å². The van der Waals surface area contributed by atoms with Gasteiger partial charge in [0.25, 0.3) is 5.91 Å². The number of carbonyl (C=O) groups is 1.